The zero-order chi connectivity index (χ0) is 19.6. The molecule has 1 aromatic carbocycles. The van der Waals surface area contributed by atoms with Gasteiger partial charge in [0.15, 0.2) is 0 Å². The third-order valence-corrected chi connectivity index (χ3v) is 7.73. The number of hydrogen-bond donors (Lipinski definition) is 1. The Balaban J connectivity index is 1.20. The SMILES string of the molecule is O=C(NCC1CCCN(Cc2cccs2)C1)c1cc2c(s1)-c1ccccc1OC2. The number of carbonyl (C=O) groups excluding carboxylic acids is 1. The molecule has 0 radical (unpaired) electrons. The average molecular weight is 425 g/mol. The number of carbonyl (C=O) groups is 1. The van der Waals surface area contributed by atoms with E-state index in [2.05, 4.69) is 33.8 Å². The number of ether oxygens (including phenoxy) is 1. The summed E-state index contributed by atoms with van der Waals surface area (Å²) in [5.41, 5.74) is 2.20. The minimum Gasteiger partial charge on any atom is -0.488 e. The van der Waals surface area contributed by atoms with Gasteiger partial charge in [-0.25, -0.2) is 0 Å². The van der Waals surface area contributed by atoms with Gasteiger partial charge in [0.05, 0.1) is 4.88 Å². The van der Waals surface area contributed by atoms with Crippen molar-refractivity contribution in [2.24, 2.45) is 5.92 Å². The normalized spacial score (nSPS) is 18.6. The van der Waals surface area contributed by atoms with Crippen LogP contribution >= 0.6 is 22.7 Å². The molecule has 1 fully saturated rings. The fourth-order valence-electron chi connectivity index (χ4n) is 4.22. The molecule has 3 aromatic rings. The summed E-state index contributed by atoms with van der Waals surface area (Å²) in [5, 5.41) is 5.33. The van der Waals surface area contributed by atoms with Crippen molar-refractivity contribution in [1.29, 1.82) is 0 Å². The van der Waals surface area contributed by atoms with Gasteiger partial charge in [0, 0.05) is 40.5 Å². The molecular weight excluding hydrogens is 400 g/mol. The molecule has 1 unspecified atom stereocenters. The smallest absolute Gasteiger partial charge is 0.261 e. The van der Waals surface area contributed by atoms with Crippen LogP contribution in [0.3, 0.4) is 0 Å². The standard InChI is InChI=1S/C23H24N2O2S2/c26-23(21-11-17-15-27-20-8-2-1-7-19(20)22(17)29-21)24-12-16-5-3-9-25(13-16)14-18-6-4-10-28-18/h1-2,4,6-8,10-11,16H,3,5,9,12-15H2,(H,24,26). The van der Waals surface area contributed by atoms with Crippen LogP contribution in [0.5, 0.6) is 5.75 Å². The van der Waals surface area contributed by atoms with E-state index in [-0.39, 0.29) is 5.91 Å². The van der Waals surface area contributed by atoms with Crippen LogP contribution in [-0.4, -0.2) is 30.4 Å². The monoisotopic (exact) mass is 424 g/mol. The van der Waals surface area contributed by atoms with Crippen LogP contribution < -0.4 is 10.1 Å². The van der Waals surface area contributed by atoms with Gasteiger partial charge in [0.1, 0.15) is 12.4 Å². The van der Waals surface area contributed by atoms with E-state index < -0.39 is 0 Å². The van der Waals surface area contributed by atoms with Crippen LogP contribution in [0.15, 0.2) is 47.8 Å². The maximum atomic E-state index is 12.8. The van der Waals surface area contributed by atoms with Gasteiger partial charge in [-0.3, -0.25) is 9.69 Å². The van der Waals surface area contributed by atoms with Crippen molar-refractivity contribution in [1.82, 2.24) is 10.2 Å². The first-order chi connectivity index (χ1) is 14.3. The van der Waals surface area contributed by atoms with Gasteiger partial charge in [-0.1, -0.05) is 18.2 Å². The molecule has 0 spiro atoms. The second kappa shape index (κ2) is 8.30. The van der Waals surface area contributed by atoms with Crippen molar-refractivity contribution in [3.63, 3.8) is 0 Å². The summed E-state index contributed by atoms with van der Waals surface area (Å²) in [6.45, 7) is 4.52. The highest BCUT2D eigenvalue weighted by Crippen LogP contribution is 2.42. The highest BCUT2D eigenvalue weighted by Gasteiger charge is 2.24. The van der Waals surface area contributed by atoms with Crippen molar-refractivity contribution in [3.05, 3.63) is 63.2 Å². The zero-order valence-electron chi connectivity index (χ0n) is 16.2. The number of nitrogens with zero attached hydrogens (tertiary/aromatic N) is 1. The van der Waals surface area contributed by atoms with Crippen LogP contribution in [0.1, 0.15) is 33.0 Å². The lowest BCUT2D eigenvalue weighted by molar-refractivity contribution is 0.0935. The van der Waals surface area contributed by atoms with Crippen LogP contribution in [-0.2, 0) is 13.2 Å². The lowest BCUT2D eigenvalue weighted by Crippen LogP contribution is -2.40. The van der Waals surface area contributed by atoms with Crippen LogP contribution in [0, 0.1) is 5.92 Å². The highest BCUT2D eigenvalue weighted by molar-refractivity contribution is 7.17. The first-order valence-corrected chi connectivity index (χ1v) is 11.8. The molecule has 1 N–H and O–H groups in total. The van der Waals surface area contributed by atoms with Gasteiger partial charge in [0.2, 0.25) is 0 Å². The number of thiophene rings is 2. The van der Waals surface area contributed by atoms with E-state index in [9.17, 15) is 4.79 Å². The fraction of sp³-hybridized carbons (Fsp3) is 0.348. The molecule has 4 nitrogen and oxygen atoms in total. The Morgan fingerprint density at radius 3 is 3.07 bits per heavy atom. The molecular formula is C23H24N2O2S2. The largest absolute Gasteiger partial charge is 0.488 e. The third-order valence-electron chi connectivity index (χ3n) is 5.66. The fourth-order valence-corrected chi connectivity index (χ4v) is 6.08. The lowest BCUT2D eigenvalue weighted by atomic mass is 9.98. The number of para-hydroxylation sites is 1. The lowest BCUT2D eigenvalue weighted by Gasteiger charge is -2.32. The summed E-state index contributed by atoms with van der Waals surface area (Å²) >= 11 is 3.40. The van der Waals surface area contributed by atoms with Gasteiger partial charge in [-0.2, -0.15) is 0 Å². The molecule has 2 aliphatic heterocycles. The molecule has 1 saturated heterocycles. The van der Waals surface area contributed by atoms with E-state index in [4.69, 9.17) is 4.74 Å². The van der Waals surface area contributed by atoms with Gasteiger partial charge < -0.3 is 10.1 Å². The molecule has 2 aliphatic rings. The van der Waals surface area contributed by atoms with Crippen LogP contribution in [0.25, 0.3) is 10.4 Å². The van der Waals surface area contributed by atoms with Crippen LogP contribution in [0.2, 0.25) is 0 Å². The van der Waals surface area contributed by atoms with Crippen molar-refractivity contribution in [3.8, 4) is 16.2 Å². The number of nitrogens with one attached hydrogen (secondary N) is 1. The van der Waals surface area contributed by atoms with Crippen LogP contribution in [0.4, 0.5) is 0 Å². The Labute approximate surface area is 179 Å². The van der Waals surface area contributed by atoms with E-state index in [0.29, 0.717) is 12.5 Å². The van der Waals surface area contributed by atoms with E-state index in [0.717, 1.165) is 52.8 Å². The van der Waals surface area contributed by atoms with Crippen molar-refractivity contribution < 1.29 is 9.53 Å². The molecule has 6 heteroatoms. The van der Waals surface area contributed by atoms with Gasteiger partial charge >= 0.3 is 0 Å². The predicted octanol–water partition coefficient (Wildman–Crippen LogP) is 5.01. The van der Waals surface area contributed by atoms with Gasteiger partial charge in [0.25, 0.3) is 5.91 Å². The zero-order valence-corrected chi connectivity index (χ0v) is 17.9. The average Bonchev–Trinajstić information content (AvgIpc) is 3.42. The maximum absolute atomic E-state index is 12.8. The van der Waals surface area contributed by atoms with E-state index >= 15 is 0 Å². The van der Waals surface area contributed by atoms with E-state index in [1.807, 2.05) is 35.6 Å². The Morgan fingerprint density at radius 2 is 2.17 bits per heavy atom. The summed E-state index contributed by atoms with van der Waals surface area (Å²) in [6.07, 6.45) is 2.39. The Morgan fingerprint density at radius 1 is 1.24 bits per heavy atom. The van der Waals surface area contributed by atoms with Crippen molar-refractivity contribution in [2.75, 3.05) is 19.6 Å². The number of likely N-dealkylation sites (tertiary alicyclic amines) is 1. The second-order valence-corrected chi connectivity index (χ2v) is 9.87. The molecule has 0 bridgehead atoms. The quantitative estimate of drug-likeness (QED) is 0.626. The molecule has 5 rings (SSSR count). The van der Waals surface area contributed by atoms with E-state index in [1.54, 1.807) is 11.3 Å². The molecule has 4 heterocycles. The molecule has 0 aliphatic carbocycles. The topological polar surface area (TPSA) is 41.6 Å². The first-order valence-electron chi connectivity index (χ1n) is 10.1. The molecule has 0 saturated carbocycles. The summed E-state index contributed by atoms with van der Waals surface area (Å²) in [5.74, 6) is 1.46. The number of piperidine rings is 1. The summed E-state index contributed by atoms with van der Waals surface area (Å²) in [6, 6.07) is 14.4. The molecule has 1 atom stereocenters. The molecule has 29 heavy (non-hydrogen) atoms. The molecule has 1 amide bonds. The third kappa shape index (κ3) is 4.10. The number of fused-ring (bicyclic) bond motifs is 3. The number of rotatable bonds is 5. The number of benzene rings is 1. The Kier molecular flexibility index (Phi) is 5.40. The van der Waals surface area contributed by atoms with Gasteiger partial charge in [-0.15, -0.1) is 22.7 Å². The van der Waals surface area contributed by atoms with E-state index in [1.165, 1.54) is 17.7 Å². The molecule has 150 valence electrons. The van der Waals surface area contributed by atoms with Crippen molar-refractivity contribution in [2.45, 2.75) is 26.0 Å². The predicted molar refractivity (Wildman–Crippen MR) is 119 cm³/mol. The number of amides is 1. The Bertz CT molecular complexity index is 996. The van der Waals surface area contributed by atoms with Crippen molar-refractivity contribution >= 4 is 28.6 Å². The molecule has 2 aromatic heterocycles. The maximum Gasteiger partial charge on any atom is 0.261 e. The minimum atomic E-state index is 0.0391. The summed E-state index contributed by atoms with van der Waals surface area (Å²) in [4.78, 5) is 18.7. The summed E-state index contributed by atoms with van der Waals surface area (Å²) < 4.78 is 5.82. The highest BCUT2D eigenvalue weighted by atomic mass is 32.1. The first kappa shape index (κ1) is 18.9. The number of hydrogen-bond acceptors (Lipinski definition) is 5. The second-order valence-electron chi connectivity index (χ2n) is 7.78. The summed E-state index contributed by atoms with van der Waals surface area (Å²) in [7, 11) is 0. The Hall–Kier alpha value is -2.15. The minimum absolute atomic E-state index is 0.0391. The van der Waals surface area contributed by atoms with Gasteiger partial charge in [-0.05, 0) is 54.9 Å².